The number of nitrogens with zero attached hydrogens (tertiary/aromatic N) is 3. The molecular weight excluding hydrogens is 468 g/mol. The summed E-state index contributed by atoms with van der Waals surface area (Å²) < 4.78 is 85.2. The minimum Gasteiger partial charge on any atom is -0.307 e. The minimum atomic E-state index is -5.81. The lowest BCUT2D eigenvalue weighted by Gasteiger charge is -2.42. The molecule has 1 aliphatic heterocycles. The molecule has 182 valence electrons. The van der Waals surface area contributed by atoms with E-state index in [1.165, 1.54) is 29.2 Å². The molecule has 35 heavy (non-hydrogen) atoms. The molecule has 0 bridgehead atoms. The first kappa shape index (κ1) is 24.5. The molecule has 0 radical (unpaired) electrons. The van der Waals surface area contributed by atoms with Gasteiger partial charge in [0.1, 0.15) is 11.7 Å². The summed E-state index contributed by atoms with van der Waals surface area (Å²) in [5, 5.41) is 0. The van der Waals surface area contributed by atoms with Gasteiger partial charge in [-0.3, -0.25) is 0 Å². The average Bonchev–Trinajstić information content (AvgIpc) is 2.83. The third kappa shape index (κ3) is 4.67. The van der Waals surface area contributed by atoms with Crippen molar-refractivity contribution in [1.82, 2.24) is 4.90 Å². The molecule has 3 nitrogen and oxygen atoms in total. The van der Waals surface area contributed by atoms with E-state index in [1.54, 1.807) is 73.7 Å². The van der Waals surface area contributed by atoms with Gasteiger partial charge in [-0.1, -0.05) is 91.0 Å². The van der Waals surface area contributed by atoms with Crippen LogP contribution in [-0.2, 0) is 6.42 Å². The molecule has 1 unspecified atom stereocenters. The van der Waals surface area contributed by atoms with Crippen molar-refractivity contribution in [2.24, 2.45) is 9.98 Å². The van der Waals surface area contributed by atoms with E-state index < -0.39 is 29.9 Å². The van der Waals surface area contributed by atoms with Crippen molar-refractivity contribution in [3.05, 3.63) is 108 Å². The lowest BCUT2D eigenvalue weighted by Crippen LogP contribution is -2.60. The Morgan fingerprint density at radius 1 is 0.714 bits per heavy atom. The molecule has 0 fully saturated rings. The molecule has 1 aliphatic rings. The van der Waals surface area contributed by atoms with E-state index in [-0.39, 0.29) is 17.8 Å². The van der Waals surface area contributed by atoms with Crippen molar-refractivity contribution in [1.29, 1.82) is 0 Å². The zero-order chi connectivity index (χ0) is 25.3. The second kappa shape index (κ2) is 9.20. The molecule has 1 heterocycles. The Balaban J connectivity index is 2.00. The Hall–Kier alpha value is -3.62. The summed E-state index contributed by atoms with van der Waals surface area (Å²) in [6.07, 6.45) is -11.9. The topological polar surface area (TPSA) is 28.0 Å². The fourth-order valence-corrected chi connectivity index (χ4v) is 3.99. The zero-order valence-corrected chi connectivity index (χ0v) is 18.6. The fourth-order valence-electron chi connectivity index (χ4n) is 3.99. The van der Waals surface area contributed by atoms with Gasteiger partial charge in [0.2, 0.25) is 0 Å². The molecule has 4 rings (SSSR count). The zero-order valence-electron chi connectivity index (χ0n) is 18.6. The van der Waals surface area contributed by atoms with Crippen molar-refractivity contribution in [3.8, 4) is 0 Å². The van der Waals surface area contributed by atoms with Gasteiger partial charge in [0.15, 0.2) is 0 Å². The molecule has 0 N–H and O–H groups in total. The van der Waals surface area contributed by atoms with E-state index in [9.17, 15) is 26.3 Å². The Bertz CT molecular complexity index is 1190. The quantitative estimate of drug-likeness (QED) is 0.356. The third-order valence-corrected chi connectivity index (χ3v) is 5.76. The summed E-state index contributed by atoms with van der Waals surface area (Å²) in [7, 11) is 0. The molecule has 0 aromatic heterocycles. The molecular formula is C26H21F6N3. The molecule has 0 saturated carbocycles. The predicted octanol–water partition coefficient (Wildman–Crippen LogP) is 6.97. The molecule has 0 saturated heterocycles. The Morgan fingerprint density at radius 3 is 1.71 bits per heavy atom. The van der Waals surface area contributed by atoms with E-state index in [2.05, 4.69) is 9.98 Å². The van der Waals surface area contributed by atoms with Gasteiger partial charge in [-0.05, 0) is 18.1 Å². The van der Waals surface area contributed by atoms with Gasteiger partial charge < -0.3 is 4.90 Å². The van der Waals surface area contributed by atoms with Crippen LogP contribution >= 0.6 is 0 Å². The highest BCUT2D eigenvalue weighted by molar-refractivity contribution is 6.11. The summed E-state index contributed by atoms with van der Waals surface area (Å²) in [6, 6.07) is 24.0. The molecule has 9 heteroatoms. The summed E-state index contributed by atoms with van der Waals surface area (Å²) in [6.45, 7) is 1.70. The van der Waals surface area contributed by atoms with Crippen LogP contribution in [0.5, 0.6) is 0 Å². The van der Waals surface area contributed by atoms with Crippen LogP contribution in [0.3, 0.4) is 0 Å². The second-order valence-electron chi connectivity index (χ2n) is 8.12. The highest BCUT2D eigenvalue weighted by Crippen LogP contribution is 2.49. The summed E-state index contributed by atoms with van der Waals surface area (Å²) in [5.41, 5.74) is -3.30. The Morgan fingerprint density at radius 2 is 1.20 bits per heavy atom. The summed E-state index contributed by atoms with van der Waals surface area (Å²) in [5.74, 6) is -0.825. The number of benzene rings is 3. The predicted molar refractivity (Wildman–Crippen MR) is 122 cm³/mol. The average molecular weight is 489 g/mol. The number of alkyl halides is 6. The third-order valence-electron chi connectivity index (χ3n) is 5.76. The first-order valence-corrected chi connectivity index (χ1v) is 10.8. The summed E-state index contributed by atoms with van der Waals surface area (Å²) >= 11 is 0. The smallest absolute Gasteiger partial charge is 0.307 e. The van der Waals surface area contributed by atoms with E-state index in [0.29, 0.717) is 11.1 Å². The van der Waals surface area contributed by atoms with E-state index in [1.807, 2.05) is 0 Å². The monoisotopic (exact) mass is 489 g/mol. The van der Waals surface area contributed by atoms with Crippen molar-refractivity contribution >= 4 is 11.7 Å². The van der Waals surface area contributed by atoms with Gasteiger partial charge in [-0.25, -0.2) is 9.98 Å². The van der Waals surface area contributed by atoms with Crippen LogP contribution in [0, 0.1) is 0 Å². The maximum atomic E-state index is 14.2. The van der Waals surface area contributed by atoms with Crippen molar-refractivity contribution in [2.45, 2.75) is 37.4 Å². The van der Waals surface area contributed by atoms with Crippen LogP contribution in [0.25, 0.3) is 0 Å². The van der Waals surface area contributed by atoms with Crippen molar-refractivity contribution < 1.29 is 26.3 Å². The van der Waals surface area contributed by atoms with Gasteiger partial charge >= 0.3 is 18.0 Å². The molecule has 1 atom stereocenters. The lowest BCUT2D eigenvalue weighted by atomic mass is 10.00. The van der Waals surface area contributed by atoms with E-state index >= 15 is 0 Å². The number of hydrogen-bond acceptors (Lipinski definition) is 3. The fraction of sp³-hybridized carbons (Fsp3) is 0.231. The van der Waals surface area contributed by atoms with E-state index in [0.717, 1.165) is 0 Å². The molecule has 0 amide bonds. The second-order valence-corrected chi connectivity index (χ2v) is 8.12. The highest BCUT2D eigenvalue weighted by atomic mass is 19.4. The molecule has 0 spiro atoms. The standard InChI is InChI=1S/C26H21F6N3/c1-18(20-13-7-3-8-14-20)35-22(17-19-11-5-2-6-12-19)33-24(25(27,28)29,26(30,31)32)34-23(35)21-15-9-4-10-16-21/h2-16,18H,17H2,1H3. The Kier molecular flexibility index (Phi) is 6.44. The SMILES string of the molecule is CC(c1ccccc1)N1C(Cc2ccccc2)=NC(C(F)(F)F)(C(F)(F)F)N=C1c1ccccc1. The van der Waals surface area contributed by atoms with Gasteiger partial charge in [0.05, 0.1) is 6.04 Å². The lowest BCUT2D eigenvalue weighted by molar-refractivity contribution is -0.293. The number of halogens is 6. The van der Waals surface area contributed by atoms with E-state index in [4.69, 9.17) is 0 Å². The van der Waals surface area contributed by atoms with Gasteiger partial charge in [-0.15, -0.1) is 0 Å². The normalized spacial score (nSPS) is 16.9. The van der Waals surface area contributed by atoms with Gasteiger partial charge in [-0.2, -0.15) is 26.3 Å². The highest BCUT2D eigenvalue weighted by Gasteiger charge is 2.74. The number of aliphatic imine (C=N–C) groups is 2. The number of hydrogen-bond donors (Lipinski definition) is 0. The largest absolute Gasteiger partial charge is 0.443 e. The minimum absolute atomic E-state index is 0.119. The van der Waals surface area contributed by atoms with Crippen LogP contribution in [0.15, 0.2) is 101 Å². The van der Waals surface area contributed by atoms with Gasteiger partial charge in [0.25, 0.3) is 0 Å². The summed E-state index contributed by atoms with van der Waals surface area (Å²) in [4.78, 5) is 8.08. The maximum Gasteiger partial charge on any atom is 0.443 e. The van der Waals surface area contributed by atoms with Crippen LogP contribution in [0.2, 0.25) is 0 Å². The van der Waals surface area contributed by atoms with Crippen LogP contribution in [-0.4, -0.2) is 34.6 Å². The maximum absolute atomic E-state index is 14.2. The molecule has 3 aromatic rings. The van der Waals surface area contributed by atoms with Crippen LogP contribution in [0.1, 0.15) is 29.7 Å². The Labute approximate surface area is 198 Å². The van der Waals surface area contributed by atoms with Gasteiger partial charge in [0, 0.05) is 12.0 Å². The first-order chi connectivity index (χ1) is 16.5. The van der Waals surface area contributed by atoms with Crippen LogP contribution < -0.4 is 0 Å². The first-order valence-electron chi connectivity index (χ1n) is 10.8. The van der Waals surface area contributed by atoms with Crippen LogP contribution in [0.4, 0.5) is 26.3 Å². The number of rotatable bonds is 5. The van der Waals surface area contributed by atoms with Crippen molar-refractivity contribution in [2.75, 3.05) is 0 Å². The number of amidine groups is 2. The molecule has 0 aliphatic carbocycles. The van der Waals surface area contributed by atoms with Crippen molar-refractivity contribution in [3.63, 3.8) is 0 Å². The molecule has 3 aromatic carbocycles.